The number of fused-ring (bicyclic) bond motifs is 3. The summed E-state index contributed by atoms with van der Waals surface area (Å²) < 4.78 is 12.6. The molecule has 3 aromatic rings. The summed E-state index contributed by atoms with van der Waals surface area (Å²) >= 11 is 0. The number of hydrogen-bond acceptors (Lipinski definition) is 6. The standard InChI is InChI=1S/C25H31N5O3/c1-32-21-8-7-17(15-22(21)33-2)16-27-25(31)18-9-12-29(13-10-18)24-23-19-5-3-4-6-20(19)28-30(23)14-11-26-24/h7-8,11,14-15,18H,3-6,9-10,12-13,16H2,1-2H3,(H,27,31). The first-order valence-corrected chi connectivity index (χ1v) is 11.8. The van der Waals surface area contributed by atoms with Crippen LogP contribution in [0.3, 0.4) is 0 Å². The molecule has 1 aliphatic carbocycles. The van der Waals surface area contributed by atoms with Gasteiger partial charge in [-0.2, -0.15) is 5.10 Å². The second-order valence-electron chi connectivity index (χ2n) is 8.84. The van der Waals surface area contributed by atoms with Crippen molar-refractivity contribution in [3.63, 3.8) is 0 Å². The van der Waals surface area contributed by atoms with E-state index in [0.717, 1.165) is 55.7 Å². The van der Waals surface area contributed by atoms with Crippen molar-refractivity contribution in [3.8, 4) is 11.5 Å². The molecule has 8 heteroatoms. The molecular weight excluding hydrogens is 418 g/mol. The number of aryl methyl sites for hydroxylation is 2. The van der Waals surface area contributed by atoms with Crippen LogP contribution in [0.1, 0.15) is 42.5 Å². The largest absolute Gasteiger partial charge is 0.493 e. The van der Waals surface area contributed by atoms with Crippen LogP contribution in [-0.2, 0) is 24.2 Å². The maximum Gasteiger partial charge on any atom is 0.223 e. The van der Waals surface area contributed by atoms with Crippen molar-refractivity contribution in [2.75, 3.05) is 32.2 Å². The molecule has 1 N–H and O–H groups in total. The Morgan fingerprint density at radius 1 is 1.12 bits per heavy atom. The lowest BCUT2D eigenvalue weighted by Gasteiger charge is -2.32. The molecule has 174 valence electrons. The Morgan fingerprint density at radius 3 is 2.70 bits per heavy atom. The molecule has 1 amide bonds. The third kappa shape index (κ3) is 4.21. The molecule has 1 fully saturated rings. The van der Waals surface area contributed by atoms with Crippen LogP contribution in [0.5, 0.6) is 11.5 Å². The van der Waals surface area contributed by atoms with Crippen LogP contribution in [-0.4, -0.2) is 47.8 Å². The summed E-state index contributed by atoms with van der Waals surface area (Å²) in [5, 5.41) is 7.89. The molecule has 0 spiro atoms. The summed E-state index contributed by atoms with van der Waals surface area (Å²) in [7, 11) is 3.23. The van der Waals surface area contributed by atoms with Crippen molar-refractivity contribution in [1.82, 2.24) is 19.9 Å². The fourth-order valence-electron chi connectivity index (χ4n) is 5.06. The number of carbonyl (C=O) groups is 1. The first kappa shape index (κ1) is 21.6. The van der Waals surface area contributed by atoms with Gasteiger partial charge in [0.25, 0.3) is 0 Å². The van der Waals surface area contributed by atoms with Crippen molar-refractivity contribution in [1.29, 1.82) is 0 Å². The summed E-state index contributed by atoms with van der Waals surface area (Å²) in [5.74, 6) is 2.49. The lowest BCUT2D eigenvalue weighted by atomic mass is 9.94. The SMILES string of the molecule is COc1ccc(CNC(=O)C2CCN(c3nccn4nc5c(c34)CCCC5)CC2)cc1OC. The van der Waals surface area contributed by atoms with Gasteiger partial charge < -0.3 is 19.7 Å². The van der Waals surface area contributed by atoms with Gasteiger partial charge in [-0.25, -0.2) is 9.50 Å². The van der Waals surface area contributed by atoms with Crippen molar-refractivity contribution >= 4 is 17.2 Å². The number of hydrogen-bond donors (Lipinski definition) is 1. The number of aromatic nitrogens is 3. The summed E-state index contributed by atoms with van der Waals surface area (Å²) in [6, 6.07) is 5.71. The highest BCUT2D eigenvalue weighted by atomic mass is 16.5. The maximum atomic E-state index is 12.8. The van der Waals surface area contributed by atoms with Gasteiger partial charge in [0.05, 0.1) is 19.9 Å². The van der Waals surface area contributed by atoms with Gasteiger partial charge in [-0.15, -0.1) is 0 Å². The topological polar surface area (TPSA) is 81.0 Å². The average molecular weight is 450 g/mol. The van der Waals surface area contributed by atoms with E-state index in [9.17, 15) is 4.79 Å². The Hall–Kier alpha value is -3.29. The molecule has 8 nitrogen and oxygen atoms in total. The minimum Gasteiger partial charge on any atom is -0.493 e. The van der Waals surface area contributed by atoms with Gasteiger partial charge in [0.1, 0.15) is 5.52 Å². The quantitative estimate of drug-likeness (QED) is 0.623. The van der Waals surface area contributed by atoms with Gasteiger partial charge in [0, 0.05) is 43.5 Å². The minimum absolute atomic E-state index is 0.0138. The van der Waals surface area contributed by atoms with E-state index in [2.05, 4.69) is 10.2 Å². The van der Waals surface area contributed by atoms with Crippen LogP contribution in [0.2, 0.25) is 0 Å². The molecule has 0 unspecified atom stereocenters. The van der Waals surface area contributed by atoms with Crippen LogP contribution in [0.25, 0.3) is 5.52 Å². The van der Waals surface area contributed by atoms with Gasteiger partial charge in [-0.05, 0) is 56.2 Å². The number of benzene rings is 1. The van der Waals surface area contributed by atoms with E-state index < -0.39 is 0 Å². The van der Waals surface area contributed by atoms with E-state index in [1.54, 1.807) is 14.2 Å². The van der Waals surface area contributed by atoms with Gasteiger partial charge in [-0.1, -0.05) is 6.07 Å². The summed E-state index contributed by atoms with van der Waals surface area (Å²) in [6.45, 7) is 2.12. The number of piperidine rings is 1. The van der Waals surface area contributed by atoms with Crippen molar-refractivity contribution < 1.29 is 14.3 Å². The number of carbonyl (C=O) groups excluding carboxylic acids is 1. The Labute approximate surface area is 193 Å². The molecule has 33 heavy (non-hydrogen) atoms. The van der Waals surface area contributed by atoms with Crippen molar-refractivity contribution in [2.45, 2.75) is 45.1 Å². The number of methoxy groups -OCH3 is 2. The van der Waals surface area contributed by atoms with E-state index in [0.29, 0.717) is 18.0 Å². The zero-order chi connectivity index (χ0) is 22.8. The molecule has 0 saturated carbocycles. The second kappa shape index (κ2) is 9.29. The number of amides is 1. The maximum absolute atomic E-state index is 12.8. The zero-order valence-electron chi connectivity index (χ0n) is 19.3. The Bertz CT molecular complexity index is 1150. The Morgan fingerprint density at radius 2 is 1.91 bits per heavy atom. The van der Waals surface area contributed by atoms with Crippen LogP contribution in [0.4, 0.5) is 5.82 Å². The number of nitrogens with one attached hydrogen (secondary N) is 1. The predicted octanol–water partition coefficient (Wildman–Crippen LogP) is 3.16. The van der Waals surface area contributed by atoms with Gasteiger partial charge in [0.2, 0.25) is 5.91 Å². The van der Waals surface area contributed by atoms with Crippen molar-refractivity contribution in [2.24, 2.45) is 5.92 Å². The molecule has 1 aliphatic heterocycles. The molecular formula is C25H31N5O3. The van der Waals surface area contributed by atoms with Gasteiger partial charge in [0.15, 0.2) is 17.3 Å². The smallest absolute Gasteiger partial charge is 0.223 e. The highest BCUT2D eigenvalue weighted by Gasteiger charge is 2.28. The van der Waals surface area contributed by atoms with Crippen LogP contribution < -0.4 is 19.7 Å². The van der Waals surface area contributed by atoms with E-state index in [4.69, 9.17) is 19.6 Å². The van der Waals surface area contributed by atoms with Crippen molar-refractivity contribution in [3.05, 3.63) is 47.4 Å². The summed E-state index contributed by atoms with van der Waals surface area (Å²) in [5.41, 5.74) is 4.72. The third-order valence-electron chi connectivity index (χ3n) is 6.88. The first-order valence-electron chi connectivity index (χ1n) is 11.8. The molecule has 0 atom stereocenters. The first-order chi connectivity index (χ1) is 16.2. The van der Waals surface area contributed by atoms with E-state index in [1.807, 2.05) is 35.1 Å². The molecule has 2 aromatic heterocycles. The van der Waals surface area contributed by atoms with Crippen LogP contribution >= 0.6 is 0 Å². The van der Waals surface area contributed by atoms with Crippen LogP contribution in [0, 0.1) is 5.92 Å². The lowest BCUT2D eigenvalue weighted by molar-refractivity contribution is -0.125. The number of anilines is 1. The fourth-order valence-corrected chi connectivity index (χ4v) is 5.06. The van der Waals surface area contributed by atoms with Gasteiger partial charge in [-0.3, -0.25) is 4.79 Å². The highest BCUT2D eigenvalue weighted by Crippen LogP contribution is 2.32. The normalized spacial score (nSPS) is 16.5. The monoisotopic (exact) mass is 449 g/mol. The summed E-state index contributed by atoms with van der Waals surface area (Å²) in [6.07, 6.45) is 9.97. The minimum atomic E-state index is 0.0138. The number of nitrogens with zero attached hydrogens (tertiary/aromatic N) is 4. The molecule has 2 aliphatic rings. The second-order valence-corrected chi connectivity index (χ2v) is 8.84. The molecule has 0 bridgehead atoms. The summed E-state index contributed by atoms with van der Waals surface area (Å²) in [4.78, 5) is 19.9. The van der Waals surface area contributed by atoms with E-state index >= 15 is 0 Å². The highest BCUT2D eigenvalue weighted by molar-refractivity contribution is 5.79. The number of ether oxygens (including phenoxy) is 2. The Balaban J connectivity index is 1.22. The predicted molar refractivity (Wildman–Crippen MR) is 126 cm³/mol. The third-order valence-corrected chi connectivity index (χ3v) is 6.88. The average Bonchev–Trinajstić information content (AvgIpc) is 3.26. The molecule has 3 heterocycles. The van der Waals surface area contributed by atoms with E-state index in [1.165, 1.54) is 24.1 Å². The molecule has 5 rings (SSSR count). The Kier molecular flexibility index (Phi) is 6.07. The van der Waals surface area contributed by atoms with Gasteiger partial charge >= 0.3 is 0 Å². The van der Waals surface area contributed by atoms with E-state index in [-0.39, 0.29) is 11.8 Å². The van der Waals surface area contributed by atoms with Crippen LogP contribution in [0.15, 0.2) is 30.6 Å². The zero-order valence-corrected chi connectivity index (χ0v) is 19.3. The lowest BCUT2D eigenvalue weighted by Crippen LogP contribution is -2.40. The number of rotatable bonds is 6. The molecule has 0 radical (unpaired) electrons. The molecule has 1 saturated heterocycles. The molecule has 1 aromatic carbocycles. The fraction of sp³-hybridized carbons (Fsp3) is 0.480.